The number of carbonyl (C=O) groups excluding carboxylic acids is 2. The van der Waals surface area contributed by atoms with Crippen LogP contribution in [0.4, 0.5) is 5.82 Å². The van der Waals surface area contributed by atoms with Crippen LogP contribution >= 0.6 is 0 Å². The van der Waals surface area contributed by atoms with Gasteiger partial charge in [0, 0.05) is 47.7 Å². The molecule has 0 unspecified atom stereocenters. The van der Waals surface area contributed by atoms with Gasteiger partial charge in [-0.25, -0.2) is 9.78 Å². The molecular formula is C30H32N4O5. The molecule has 0 atom stereocenters. The molecule has 0 aliphatic heterocycles. The van der Waals surface area contributed by atoms with Crippen molar-refractivity contribution in [1.29, 1.82) is 0 Å². The largest absolute Gasteiger partial charge is 0.493 e. The highest BCUT2D eigenvalue weighted by atomic mass is 16.6. The molecule has 3 aromatic heterocycles. The van der Waals surface area contributed by atoms with Crippen molar-refractivity contribution < 1.29 is 23.8 Å². The van der Waals surface area contributed by atoms with Gasteiger partial charge in [-0.05, 0) is 69.3 Å². The first-order valence-electron chi connectivity index (χ1n) is 12.6. The lowest BCUT2D eigenvalue weighted by molar-refractivity contribution is -0.152. The molecule has 0 saturated heterocycles. The summed E-state index contributed by atoms with van der Waals surface area (Å²) in [5.74, 6) is 0.536. The number of nitrogens with zero attached hydrogens (tertiary/aromatic N) is 3. The zero-order valence-corrected chi connectivity index (χ0v) is 22.5. The Balaban J connectivity index is 1.40. The Morgan fingerprint density at radius 3 is 2.67 bits per heavy atom. The highest BCUT2D eigenvalue weighted by Gasteiger charge is 2.16. The number of esters is 2. The molecule has 4 aromatic rings. The van der Waals surface area contributed by atoms with Gasteiger partial charge < -0.3 is 24.1 Å². The monoisotopic (exact) mass is 528 g/mol. The second kappa shape index (κ2) is 12.3. The van der Waals surface area contributed by atoms with E-state index in [4.69, 9.17) is 14.2 Å². The molecule has 9 heteroatoms. The van der Waals surface area contributed by atoms with Crippen LogP contribution in [0.5, 0.6) is 5.75 Å². The minimum atomic E-state index is -0.529. The molecule has 3 heterocycles. The fourth-order valence-corrected chi connectivity index (χ4v) is 3.93. The maximum atomic E-state index is 12.1. The Labute approximate surface area is 227 Å². The first-order chi connectivity index (χ1) is 18.7. The second-order valence-corrected chi connectivity index (χ2v) is 9.75. The average Bonchev–Trinajstić information content (AvgIpc) is 3.33. The van der Waals surface area contributed by atoms with Crippen LogP contribution in [0.3, 0.4) is 0 Å². The standard InChI is InChI=1S/C30H32N4O5/c1-30(2,3)39-29(36)20-32-27-9-5-8-23(33-27)13-16-38-24-10-11-25-21(17-24)12-15-34(25)26(18-28(35)37-4)22-7-6-14-31-19-22/h5-12,14-15,17-19H,13,16,20H2,1-4H3,(H,32,33)/b26-18+. The maximum absolute atomic E-state index is 12.1. The van der Waals surface area contributed by atoms with Crippen molar-refractivity contribution in [2.75, 3.05) is 25.6 Å². The van der Waals surface area contributed by atoms with Crippen LogP contribution in [-0.2, 0) is 25.5 Å². The molecule has 0 aliphatic rings. The number of carbonyl (C=O) groups is 2. The Kier molecular flexibility index (Phi) is 8.60. The summed E-state index contributed by atoms with van der Waals surface area (Å²) in [6.45, 7) is 5.97. The Morgan fingerprint density at radius 2 is 1.92 bits per heavy atom. The number of ether oxygens (including phenoxy) is 3. The molecule has 39 heavy (non-hydrogen) atoms. The molecule has 1 aromatic carbocycles. The van der Waals surface area contributed by atoms with Gasteiger partial charge in [-0.1, -0.05) is 6.07 Å². The highest BCUT2D eigenvalue weighted by molar-refractivity contribution is 5.94. The summed E-state index contributed by atoms with van der Waals surface area (Å²) in [6, 6.07) is 17.1. The number of fused-ring (bicyclic) bond motifs is 1. The van der Waals surface area contributed by atoms with Crippen LogP contribution < -0.4 is 10.1 Å². The van der Waals surface area contributed by atoms with Gasteiger partial charge in [0.15, 0.2) is 0 Å². The first-order valence-corrected chi connectivity index (χ1v) is 12.6. The molecule has 0 fully saturated rings. The number of methoxy groups -OCH3 is 1. The number of anilines is 1. The fourth-order valence-electron chi connectivity index (χ4n) is 3.93. The zero-order chi connectivity index (χ0) is 27.8. The van der Waals surface area contributed by atoms with Crippen LogP contribution in [-0.4, -0.2) is 52.3 Å². The summed E-state index contributed by atoms with van der Waals surface area (Å²) in [5, 5.41) is 3.97. The molecule has 0 bridgehead atoms. The van der Waals surface area contributed by atoms with Crippen molar-refractivity contribution in [1.82, 2.24) is 14.5 Å². The molecule has 1 N–H and O–H groups in total. The molecule has 0 spiro atoms. The van der Waals surface area contributed by atoms with E-state index in [2.05, 4.69) is 15.3 Å². The lowest BCUT2D eigenvalue weighted by atomic mass is 10.2. The summed E-state index contributed by atoms with van der Waals surface area (Å²) < 4.78 is 18.1. The molecule has 9 nitrogen and oxygen atoms in total. The average molecular weight is 529 g/mol. The van der Waals surface area contributed by atoms with E-state index in [1.54, 1.807) is 12.4 Å². The minimum Gasteiger partial charge on any atom is -0.493 e. The number of pyridine rings is 2. The number of rotatable bonds is 10. The molecule has 0 amide bonds. The fraction of sp³-hybridized carbons (Fsp3) is 0.267. The Morgan fingerprint density at radius 1 is 1.08 bits per heavy atom. The van der Waals surface area contributed by atoms with Gasteiger partial charge in [-0.2, -0.15) is 0 Å². The van der Waals surface area contributed by atoms with Crippen molar-refractivity contribution in [3.05, 3.63) is 90.5 Å². The van der Waals surface area contributed by atoms with E-state index in [-0.39, 0.29) is 12.5 Å². The van der Waals surface area contributed by atoms with E-state index >= 15 is 0 Å². The van der Waals surface area contributed by atoms with Crippen molar-refractivity contribution in [2.24, 2.45) is 0 Å². The smallest absolute Gasteiger partial charge is 0.332 e. The van der Waals surface area contributed by atoms with Gasteiger partial charge in [0.1, 0.15) is 23.7 Å². The number of aromatic nitrogens is 3. The molecule has 0 aliphatic carbocycles. The second-order valence-electron chi connectivity index (χ2n) is 9.75. The van der Waals surface area contributed by atoms with E-state index in [9.17, 15) is 9.59 Å². The molecule has 4 rings (SSSR count). The predicted molar refractivity (Wildman–Crippen MR) is 149 cm³/mol. The number of benzene rings is 1. The Hall–Kier alpha value is -4.66. The van der Waals surface area contributed by atoms with Gasteiger partial charge in [0.2, 0.25) is 0 Å². The van der Waals surface area contributed by atoms with Crippen molar-refractivity contribution in [2.45, 2.75) is 32.8 Å². The van der Waals surface area contributed by atoms with Crippen molar-refractivity contribution in [3.8, 4) is 5.75 Å². The third-order valence-corrected chi connectivity index (χ3v) is 5.60. The molecular weight excluding hydrogens is 496 g/mol. The van der Waals surface area contributed by atoms with E-state index in [1.165, 1.54) is 13.2 Å². The van der Waals surface area contributed by atoms with Gasteiger partial charge in [0.25, 0.3) is 0 Å². The quantitative estimate of drug-likeness (QED) is 0.230. The van der Waals surface area contributed by atoms with E-state index in [1.807, 2.05) is 86.1 Å². The summed E-state index contributed by atoms with van der Waals surface area (Å²) in [4.78, 5) is 32.8. The number of hydrogen-bond donors (Lipinski definition) is 1. The lowest BCUT2D eigenvalue weighted by Gasteiger charge is -2.19. The van der Waals surface area contributed by atoms with Crippen LogP contribution in [0.2, 0.25) is 0 Å². The topological polar surface area (TPSA) is 105 Å². The summed E-state index contributed by atoms with van der Waals surface area (Å²) >= 11 is 0. The van der Waals surface area contributed by atoms with Crippen molar-refractivity contribution >= 4 is 34.4 Å². The SMILES string of the molecule is COC(=O)/C=C(\c1cccnc1)n1ccc2cc(OCCc3cccc(NCC(=O)OC(C)(C)C)n3)ccc21. The van der Waals surface area contributed by atoms with Gasteiger partial charge in [0.05, 0.1) is 24.9 Å². The van der Waals surface area contributed by atoms with Gasteiger partial charge >= 0.3 is 11.9 Å². The highest BCUT2D eigenvalue weighted by Crippen LogP contribution is 2.27. The summed E-state index contributed by atoms with van der Waals surface area (Å²) in [7, 11) is 1.35. The van der Waals surface area contributed by atoms with Crippen LogP contribution in [0.25, 0.3) is 16.6 Å². The van der Waals surface area contributed by atoms with E-state index in [0.29, 0.717) is 24.5 Å². The van der Waals surface area contributed by atoms with E-state index in [0.717, 1.165) is 27.9 Å². The van der Waals surface area contributed by atoms with Crippen LogP contribution in [0, 0.1) is 0 Å². The molecule has 0 saturated carbocycles. The minimum absolute atomic E-state index is 0.0429. The van der Waals surface area contributed by atoms with Gasteiger partial charge in [-0.3, -0.25) is 9.78 Å². The summed E-state index contributed by atoms with van der Waals surface area (Å²) in [6.07, 6.45) is 7.32. The third kappa shape index (κ3) is 7.67. The number of hydrogen-bond acceptors (Lipinski definition) is 8. The number of nitrogens with one attached hydrogen (secondary N) is 1. The lowest BCUT2D eigenvalue weighted by Crippen LogP contribution is -2.28. The first kappa shape index (κ1) is 27.4. The normalized spacial score (nSPS) is 11.7. The van der Waals surface area contributed by atoms with E-state index < -0.39 is 11.6 Å². The van der Waals surface area contributed by atoms with Crippen LogP contribution in [0.15, 0.2) is 79.3 Å². The van der Waals surface area contributed by atoms with Gasteiger partial charge in [-0.15, -0.1) is 0 Å². The third-order valence-electron chi connectivity index (χ3n) is 5.60. The maximum Gasteiger partial charge on any atom is 0.332 e. The van der Waals surface area contributed by atoms with Crippen molar-refractivity contribution in [3.63, 3.8) is 0 Å². The zero-order valence-electron chi connectivity index (χ0n) is 22.5. The Bertz CT molecular complexity index is 1470. The van der Waals surface area contributed by atoms with Crippen LogP contribution in [0.1, 0.15) is 32.0 Å². The molecule has 0 radical (unpaired) electrons. The predicted octanol–water partition coefficient (Wildman–Crippen LogP) is 4.87. The summed E-state index contributed by atoms with van der Waals surface area (Å²) in [5.41, 5.74) is 2.66. The molecule has 202 valence electrons.